The molecule has 0 saturated carbocycles. The Morgan fingerprint density at radius 2 is 2.33 bits per heavy atom. The van der Waals surface area contributed by atoms with Gasteiger partial charge in [0.1, 0.15) is 0 Å². The molecule has 1 aromatic rings. The van der Waals surface area contributed by atoms with Crippen LogP contribution in [0.2, 0.25) is 0 Å². The average Bonchev–Trinajstić information content (AvgIpc) is 2.59. The summed E-state index contributed by atoms with van der Waals surface area (Å²) in [6, 6.07) is 0. The predicted molar refractivity (Wildman–Crippen MR) is 62.2 cm³/mol. The van der Waals surface area contributed by atoms with Gasteiger partial charge < -0.3 is 5.32 Å². The van der Waals surface area contributed by atoms with E-state index in [4.69, 9.17) is 0 Å². The van der Waals surface area contributed by atoms with Gasteiger partial charge >= 0.3 is 0 Å². The Morgan fingerprint density at radius 3 is 3.00 bits per heavy atom. The van der Waals surface area contributed by atoms with Gasteiger partial charge in [0.25, 0.3) is 0 Å². The Balaban J connectivity index is 2.34. The molecule has 0 unspecified atom stereocenters. The molecule has 1 N–H and O–H groups in total. The van der Waals surface area contributed by atoms with Gasteiger partial charge in [-0.3, -0.25) is 4.68 Å². The molecule has 0 aliphatic rings. The lowest BCUT2D eigenvalue weighted by atomic mass is 10.2. The Kier molecular flexibility index (Phi) is 4.92. The molecule has 0 bridgehead atoms. The van der Waals surface area contributed by atoms with Crippen LogP contribution in [0.3, 0.4) is 0 Å². The maximum atomic E-state index is 4.30. The third kappa shape index (κ3) is 4.66. The molecule has 0 aliphatic carbocycles. The van der Waals surface area contributed by atoms with Crippen molar-refractivity contribution in [2.45, 2.75) is 33.9 Å². The van der Waals surface area contributed by atoms with Crippen molar-refractivity contribution >= 4 is 0 Å². The fourth-order valence-electron chi connectivity index (χ4n) is 1.33. The minimum atomic E-state index is 0.636. The van der Waals surface area contributed by atoms with Gasteiger partial charge in [-0.25, -0.2) is 0 Å². The highest BCUT2D eigenvalue weighted by molar-refractivity contribution is 5.04. The number of aromatic nitrogens is 2. The summed E-state index contributed by atoms with van der Waals surface area (Å²) in [5.74, 6) is 6.46. The van der Waals surface area contributed by atoms with Gasteiger partial charge in [0.05, 0.1) is 12.7 Å². The first-order valence-electron chi connectivity index (χ1n) is 5.34. The van der Waals surface area contributed by atoms with Crippen LogP contribution in [0.25, 0.3) is 0 Å². The molecule has 1 heterocycles. The van der Waals surface area contributed by atoms with E-state index in [1.807, 2.05) is 17.8 Å². The van der Waals surface area contributed by atoms with E-state index < -0.39 is 0 Å². The van der Waals surface area contributed by atoms with E-state index in [0.29, 0.717) is 5.92 Å². The maximum absolute atomic E-state index is 4.30. The van der Waals surface area contributed by atoms with Crippen LogP contribution >= 0.6 is 0 Å². The zero-order valence-electron chi connectivity index (χ0n) is 9.75. The zero-order valence-corrected chi connectivity index (χ0v) is 9.75. The Labute approximate surface area is 91.9 Å². The smallest absolute Gasteiger partial charge is 0.0579 e. The lowest BCUT2D eigenvalue weighted by molar-refractivity contribution is 0.483. The standard InChI is InChI=1S/C12H19N3/c1-4-5-6-13-7-12-8-14-15(10-12)9-11(2)3/h8,10-11,13H,6-7,9H2,1-3H3. The Morgan fingerprint density at radius 1 is 1.53 bits per heavy atom. The summed E-state index contributed by atoms with van der Waals surface area (Å²) in [5, 5.41) is 7.54. The highest BCUT2D eigenvalue weighted by Gasteiger charge is 1.99. The number of nitrogens with zero attached hydrogens (tertiary/aromatic N) is 2. The van der Waals surface area contributed by atoms with Crippen molar-refractivity contribution in [2.75, 3.05) is 6.54 Å². The number of rotatable bonds is 5. The van der Waals surface area contributed by atoms with Crippen LogP contribution in [-0.4, -0.2) is 16.3 Å². The molecule has 0 saturated heterocycles. The summed E-state index contributed by atoms with van der Waals surface area (Å²) in [6.45, 7) is 8.79. The molecule has 0 spiro atoms. The van der Waals surface area contributed by atoms with E-state index in [0.717, 1.165) is 19.6 Å². The van der Waals surface area contributed by atoms with Crippen molar-refractivity contribution in [1.29, 1.82) is 0 Å². The first-order valence-corrected chi connectivity index (χ1v) is 5.34. The van der Waals surface area contributed by atoms with Crippen LogP contribution < -0.4 is 5.32 Å². The SMILES string of the molecule is CC#CCNCc1cnn(CC(C)C)c1. The molecule has 0 fully saturated rings. The van der Waals surface area contributed by atoms with Crippen molar-refractivity contribution in [3.05, 3.63) is 18.0 Å². The number of hydrogen-bond acceptors (Lipinski definition) is 2. The number of nitrogens with one attached hydrogen (secondary N) is 1. The minimum absolute atomic E-state index is 0.636. The molecule has 0 aromatic carbocycles. The van der Waals surface area contributed by atoms with Gasteiger partial charge in [0.2, 0.25) is 0 Å². The Bertz CT molecular complexity index is 341. The summed E-state index contributed by atoms with van der Waals surface area (Å²) in [6.07, 6.45) is 4.00. The second-order valence-corrected chi connectivity index (χ2v) is 3.99. The minimum Gasteiger partial charge on any atom is -0.302 e. The molecule has 0 amide bonds. The van der Waals surface area contributed by atoms with E-state index in [9.17, 15) is 0 Å². The summed E-state index contributed by atoms with van der Waals surface area (Å²) < 4.78 is 1.99. The normalized spacial score (nSPS) is 10.1. The van der Waals surface area contributed by atoms with E-state index in [-0.39, 0.29) is 0 Å². The fourth-order valence-corrected chi connectivity index (χ4v) is 1.33. The van der Waals surface area contributed by atoms with Crippen molar-refractivity contribution in [1.82, 2.24) is 15.1 Å². The van der Waals surface area contributed by atoms with E-state index >= 15 is 0 Å². The second-order valence-electron chi connectivity index (χ2n) is 3.99. The molecule has 0 aliphatic heterocycles. The van der Waals surface area contributed by atoms with Gasteiger partial charge in [-0.1, -0.05) is 19.8 Å². The third-order valence-corrected chi connectivity index (χ3v) is 1.96. The monoisotopic (exact) mass is 205 g/mol. The fraction of sp³-hybridized carbons (Fsp3) is 0.583. The van der Waals surface area contributed by atoms with Crippen LogP contribution in [0.15, 0.2) is 12.4 Å². The summed E-state index contributed by atoms with van der Waals surface area (Å²) >= 11 is 0. The lowest BCUT2D eigenvalue weighted by Crippen LogP contribution is -2.12. The molecule has 82 valence electrons. The average molecular weight is 205 g/mol. The topological polar surface area (TPSA) is 29.9 Å². The largest absolute Gasteiger partial charge is 0.302 e. The molecule has 0 atom stereocenters. The van der Waals surface area contributed by atoms with Crippen LogP contribution in [0.5, 0.6) is 0 Å². The van der Waals surface area contributed by atoms with Crippen molar-refractivity contribution in [3.63, 3.8) is 0 Å². The first-order chi connectivity index (χ1) is 7.22. The molecular weight excluding hydrogens is 186 g/mol. The van der Waals surface area contributed by atoms with Gasteiger partial charge in [-0.05, 0) is 12.8 Å². The Hall–Kier alpha value is -1.27. The van der Waals surface area contributed by atoms with Gasteiger partial charge in [0, 0.05) is 24.8 Å². The summed E-state index contributed by atoms with van der Waals surface area (Å²) in [5.41, 5.74) is 1.22. The quantitative estimate of drug-likeness (QED) is 0.585. The van der Waals surface area contributed by atoms with Crippen LogP contribution in [-0.2, 0) is 13.1 Å². The molecule has 1 rings (SSSR count). The van der Waals surface area contributed by atoms with Crippen molar-refractivity contribution in [3.8, 4) is 11.8 Å². The predicted octanol–water partition coefficient (Wildman–Crippen LogP) is 1.65. The third-order valence-electron chi connectivity index (χ3n) is 1.96. The molecule has 3 nitrogen and oxygen atoms in total. The van der Waals surface area contributed by atoms with Crippen LogP contribution in [0.4, 0.5) is 0 Å². The lowest BCUT2D eigenvalue weighted by Gasteiger charge is -2.03. The van der Waals surface area contributed by atoms with E-state index in [1.54, 1.807) is 0 Å². The molecule has 0 radical (unpaired) electrons. The van der Waals surface area contributed by atoms with Crippen molar-refractivity contribution in [2.24, 2.45) is 5.92 Å². The molecule has 15 heavy (non-hydrogen) atoms. The van der Waals surface area contributed by atoms with Crippen LogP contribution in [0.1, 0.15) is 26.3 Å². The zero-order chi connectivity index (χ0) is 11.1. The highest BCUT2D eigenvalue weighted by Crippen LogP contribution is 2.01. The molecule has 1 aromatic heterocycles. The van der Waals surface area contributed by atoms with Gasteiger partial charge in [0.15, 0.2) is 0 Å². The number of hydrogen-bond donors (Lipinski definition) is 1. The van der Waals surface area contributed by atoms with Gasteiger partial charge in [-0.15, -0.1) is 5.92 Å². The first kappa shape index (κ1) is 11.8. The highest BCUT2D eigenvalue weighted by atomic mass is 15.3. The van der Waals surface area contributed by atoms with E-state index in [1.165, 1.54) is 5.56 Å². The molecular formula is C12H19N3. The van der Waals surface area contributed by atoms with E-state index in [2.05, 4.69) is 42.3 Å². The summed E-state index contributed by atoms with van der Waals surface area (Å²) in [7, 11) is 0. The maximum Gasteiger partial charge on any atom is 0.0579 e. The second kappa shape index (κ2) is 6.26. The summed E-state index contributed by atoms with van der Waals surface area (Å²) in [4.78, 5) is 0. The van der Waals surface area contributed by atoms with Crippen molar-refractivity contribution < 1.29 is 0 Å². The van der Waals surface area contributed by atoms with Gasteiger partial charge in [-0.2, -0.15) is 5.10 Å². The molecule has 3 heteroatoms. The van der Waals surface area contributed by atoms with Crippen LogP contribution in [0, 0.1) is 17.8 Å².